The molecular weight excluding hydrogens is 434 g/mol. The number of para-hydroxylation sites is 2. The van der Waals surface area contributed by atoms with Crippen LogP contribution in [0.15, 0.2) is 75.6 Å². The smallest absolute Gasteiger partial charge is 0.331 e. The lowest BCUT2D eigenvalue weighted by Crippen LogP contribution is -2.37. The lowest BCUT2D eigenvalue weighted by molar-refractivity contribution is 0.233. The highest BCUT2D eigenvalue weighted by atomic mass is 32.1. The summed E-state index contributed by atoms with van der Waals surface area (Å²) in [6.07, 6.45) is -0.446. The molecule has 0 bridgehead atoms. The number of hydrogen-bond donors (Lipinski definition) is 0. The number of ether oxygens (including phenoxy) is 1. The molecule has 0 unspecified atom stereocenters. The summed E-state index contributed by atoms with van der Waals surface area (Å²) in [6.45, 7) is 2.04. The molecule has 164 valence electrons. The highest BCUT2D eigenvalue weighted by Crippen LogP contribution is 2.47. The standard InChI is InChI=1S/C26H21N3O3S/c1-15-9-4-5-10-16(15)21-20-22(27(2)26(31)28(3)25(20)30)23-24(19-13-8-14-33-19)32-18-12-7-6-11-17(18)29(21)23/h4-14,24H,1-3H3/t24-/m1/s1. The van der Waals surface area contributed by atoms with Gasteiger partial charge < -0.3 is 9.30 Å². The molecule has 3 aromatic heterocycles. The zero-order valence-electron chi connectivity index (χ0n) is 18.4. The number of aromatic nitrogens is 3. The molecular formula is C26H21N3O3S. The lowest BCUT2D eigenvalue weighted by Gasteiger charge is -2.29. The van der Waals surface area contributed by atoms with Gasteiger partial charge in [-0.15, -0.1) is 11.3 Å². The van der Waals surface area contributed by atoms with Crippen molar-refractivity contribution in [2.24, 2.45) is 14.1 Å². The van der Waals surface area contributed by atoms with E-state index in [-0.39, 0.29) is 11.2 Å². The summed E-state index contributed by atoms with van der Waals surface area (Å²) in [5.41, 5.74) is 4.36. The number of thiophene rings is 1. The molecule has 1 atom stereocenters. The minimum atomic E-state index is -0.446. The van der Waals surface area contributed by atoms with E-state index in [1.807, 2.05) is 73.0 Å². The minimum absolute atomic E-state index is 0.310. The van der Waals surface area contributed by atoms with E-state index in [4.69, 9.17) is 4.74 Å². The Morgan fingerprint density at radius 2 is 1.67 bits per heavy atom. The largest absolute Gasteiger partial charge is 0.476 e. The van der Waals surface area contributed by atoms with Crippen molar-refractivity contribution in [3.63, 3.8) is 0 Å². The maximum atomic E-state index is 13.6. The van der Waals surface area contributed by atoms with Crippen LogP contribution >= 0.6 is 11.3 Å². The van der Waals surface area contributed by atoms with Gasteiger partial charge >= 0.3 is 5.69 Å². The molecule has 0 N–H and O–H groups in total. The van der Waals surface area contributed by atoms with Gasteiger partial charge in [0, 0.05) is 19.7 Å². The van der Waals surface area contributed by atoms with Crippen molar-refractivity contribution in [2.45, 2.75) is 13.0 Å². The van der Waals surface area contributed by atoms with Crippen molar-refractivity contribution in [1.82, 2.24) is 13.7 Å². The van der Waals surface area contributed by atoms with Gasteiger partial charge in [-0.05, 0) is 36.1 Å². The molecule has 0 spiro atoms. The van der Waals surface area contributed by atoms with E-state index in [0.717, 1.165) is 38.8 Å². The maximum Gasteiger partial charge on any atom is 0.331 e. The van der Waals surface area contributed by atoms with Crippen molar-refractivity contribution < 1.29 is 4.74 Å². The molecule has 1 aliphatic heterocycles. The fourth-order valence-electron chi connectivity index (χ4n) is 4.84. The number of benzene rings is 2. The van der Waals surface area contributed by atoms with E-state index in [9.17, 15) is 9.59 Å². The summed E-state index contributed by atoms with van der Waals surface area (Å²) in [7, 11) is 3.25. The Bertz CT molecular complexity index is 1670. The Hall–Kier alpha value is -3.84. The predicted octanol–water partition coefficient (Wildman–Crippen LogP) is 4.55. The Balaban J connectivity index is 1.91. The van der Waals surface area contributed by atoms with Crippen LogP contribution in [0.25, 0.3) is 27.8 Å². The van der Waals surface area contributed by atoms with Gasteiger partial charge in [0.1, 0.15) is 5.75 Å². The van der Waals surface area contributed by atoms with Crippen LogP contribution in [0.2, 0.25) is 0 Å². The Labute approximate surface area is 193 Å². The normalized spacial score (nSPS) is 14.7. The molecule has 33 heavy (non-hydrogen) atoms. The van der Waals surface area contributed by atoms with Crippen LogP contribution in [-0.4, -0.2) is 13.7 Å². The van der Waals surface area contributed by atoms with Crippen LogP contribution in [-0.2, 0) is 14.1 Å². The van der Waals surface area contributed by atoms with Gasteiger partial charge in [-0.3, -0.25) is 13.9 Å². The number of aryl methyl sites for hydroxylation is 2. The van der Waals surface area contributed by atoms with Crippen LogP contribution in [0.4, 0.5) is 0 Å². The average molecular weight is 456 g/mol. The summed E-state index contributed by atoms with van der Waals surface area (Å²) in [5.74, 6) is 0.736. The van der Waals surface area contributed by atoms with E-state index < -0.39 is 6.10 Å². The van der Waals surface area contributed by atoms with Gasteiger partial charge in [-0.1, -0.05) is 42.5 Å². The van der Waals surface area contributed by atoms with Crippen molar-refractivity contribution in [3.05, 3.63) is 103 Å². The molecule has 0 fully saturated rings. The average Bonchev–Trinajstić information content (AvgIpc) is 3.48. The fourth-order valence-corrected chi connectivity index (χ4v) is 5.59. The van der Waals surface area contributed by atoms with E-state index in [2.05, 4.69) is 4.57 Å². The van der Waals surface area contributed by atoms with Crippen LogP contribution in [0.1, 0.15) is 22.2 Å². The second kappa shape index (κ2) is 7.08. The number of fused-ring (bicyclic) bond motifs is 5. The first-order valence-electron chi connectivity index (χ1n) is 10.7. The number of hydrogen-bond acceptors (Lipinski definition) is 4. The van der Waals surface area contributed by atoms with Gasteiger partial charge in [-0.2, -0.15) is 0 Å². The highest BCUT2D eigenvalue weighted by Gasteiger charge is 2.36. The van der Waals surface area contributed by atoms with Crippen LogP contribution in [0.3, 0.4) is 0 Å². The maximum absolute atomic E-state index is 13.6. The summed E-state index contributed by atoms with van der Waals surface area (Å²) in [4.78, 5) is 27.7. The van der Waals surface area contributed by atoms with Crippen LogP contribution < -0.4 is 16.0 Å². The molecule has 0 saturated heterocycles. The predicted molar refractivity (Wildman–Crippen MR) is 131 cm³/mol. The first-order chi connectivity index (χ1) is 16.0. The van der Waals surface area contributed by atoms with Gasteiger partial charge in [0.05, 0.1) is 32.9 Å². The zero-order chi connectivity index (χ0) is 22.9. The number of nitrogens with zero attached hydrogens (tertiary/aromatic N) is 3. The molecule has 0 radical (unpaired) electrons. The molecule has 1 aliphatic rings. The number of rotatable bonds is 2. The molecule has 0 saturated carbocycles. The van der Waals surface area contributed by atoms with E-state index >= 15 is 0 Å². The molecule has 6 rings (SSSR count). The third kappa shape index (κ3) is 2.66. The first kappa shape index (κ1) is 19.8. The monoisotopic (exact) mass is 455 g/mol. The SMILES string of the molecule is Cc1ccccc1-c1c2c(=O)n(C)c(=O)n(C)c2c2n1-c1ccccc1O[C@@H]2c1cccs1. The van der Waals surface area contributed by atoms with Crippen LogP contribution in [0.5, 0.6) is 5.75 Å². The fraction of sp³-hybridized carbons (Fsp3) is 0.154. The lowest BCUT2D eigenvalue weighted by atomic mass is 10.0. The molecule has 4 heterocycles. The van der Waals surface area contributed by atoms with Crippen molar-refractivity contribution in [3.8, 4) is 22.7 Å². The van der Waals surface area contributed by atoms with Gasteiger partial charge in [-0.25, -0.2) is 4.79 Å². The summed E-state index contributed by atoms with van der Waals surface area (Å²) in [5, 5.41) is 2.53. The quantitative estimate of drug-likeness (QED) is 0.393. The van der Waals surface area contributed by atoms with E-state index in [1.165, 1.54) is 11.6 Å². The Kier molecular flexibility index (Phi) is 4.25. The minimum Gasteiger partial charge on any atom is -0.476 e. The molecule has 7 heteroatoms. The van der Waals surface area contributed by atoms with Crippen molar-refractivity contribution in [1.29, 1.82) is 0 Å². The summed E-state index contributed by atoms with van der Waals surface area (Å²) >= 11 is 1.59. The van der Waals surface area contributed by atoms with E-state index in [1.54, 1.807) is 23.0 Å². The molecule has 0 amide bonds. The van der Waals surface area contributed by atoms with Gasteiger partial charge in [0.15, 0.2) is 6.10 Å². The molecule has 2 aromatic carbocycles. The second-order valence-corrected chi connectivity index (χ2v) is 9.27. The second-order valence-electron chi connectivity index (χ2n) is 8.29. The summed E-state index contributed by atoms with van der Waals surface area (Å²) in [6, 6.07) is 19.9. The van der Waals surface area contributed by atoms with Crippen LogP contribution in [0, 0.1) is 6.92 Å². The first-order valence-corrected chi connectivity index (χ1v) is 11.6. The van der Waals surface area contributed by atoms with Crippen molar-refractivity contribution in [2.75, 3.05) is 0 Å². The molecule has 0 aliphatic carbocycles. The Morgan fingerprint density at radius 3 is 2.42 bits per heavy atom. The third-order valence-corrected chi connectivity index (χ3v) is 7.33. The zero-order valence-corrected chi connectivity index (χ0v) is 19.2. The highest BCUT2D eigenvalue weighted by molar-refractivity contribution is 7.10. The topological polar surface area (TPSA) is 58.2 Å². The summed E-state index contributed by atoms with van der Waals surface area (Å²) < 4.78 is 11.4. The van der Waals surface area contributed by atoms with E-state index in [0.29, 0.717) is 10.9 Å². The Morgan fingerprint density at radius 1 is 0.909 bits per heavy atom. The van der Waals surface area contributed by atoms with Gasteiger partial charge in [0.2, 0.25) is 0 Å². The molecule has 6 nitrogen and oxygen atoms in total. The third-order valence-electron chi connectivity index (χ3n) is 6.41. The van der Waals surface area contributed by atoms with Gasteiger partial charge in [0.25, 0.3) is 5.56 Å². The molecule has 5 aromatic rings. The van der Waals surface area contributed by atoms with Crippen molar-refractivity contribution >= 4 is 22.2 Å².